The van der Waals surface area contributed by atoms with Gasteiger partial charge in [0.25, 0.3) is 0 Å². The number of hydrogen-bond donors (Lipinski definition) is 1. The second-order valence-electron chi connectivity index (χ2n) is 3.73. The van der Waals surface area contributed by atoms with E-state index in [0.717, 1.165) is 10.0 Å². The molecule has 0 radical (unpaired) electrons. The number of benzene rings is 1. The van der Waals surface area contributed by atoms with Gasteiger partial charge in [-0.1, -0.05) is 35.0 Å². The van der Waals surface area contributed by atoms with Crippen molar-refractivity contribution in [1.82, 2.24) is 0 Å². The van der Waals surface area contributed by atoms with Crippen molar-refractivity contribution in [3.63, 3.8) is 0 Å². The van der Waals surface area contributed by atoms with Crippen molar-refractivity contribution >= 4 is 25.8 Å². The maximum absolute atomic E-state index is 11.7. The van der Waals surface area contributed by atoms with E-state index in [9.17, 15) is 8.42 Å². The topological polar surface area (TPSA) is 60.2 Å². The number of sulfone groups is 1. The summed E-state index contributed by atoms with van der Waals surface area (Å²) in [6.07, 6.45) is 0. The van der Waals surface area contributed by atoms with Crippen molar-refractivity contribution in [1.29, 1.82) is 0 Å². The van der Waals surface area contributed by atoms with Gasteiger partial charge in [-0.05, 0) is 24.6 Å². The molecule has 0 unspecified atom stereocenters. The van der Waals surface area contributed by atoms with Gasteiger partial charge < -0.3 is 5.73 Å². The molecule has 1 aromatic carbocycles. The molecule has 2 atom stereocenters. The standard InChI is InChI=1S/C11H16BrNO2S/c1-3-16(14,15)8(2)11(13)9-4-6-10(12)7-5-9/h4-8,11H,3,13H2,1-2H3/t8-,11+/m1/s1. The fourth-order valence-electron chi connectivity index (χ4n) is 1.44. The molecule has 0 aliphatic carbocycles. The molecule has 0 aliphatic rings. The van der Waals surface area contributed by atoms with Crippen molar-refractivity contribution < 1.29 is 8.42 Å². The smallest absolute Gasteiger partial charge is 0.154 e. The first-order chi connectivity index (χ1) is 7.38. The van der Waals surface area contributed by atoms with Gasteiger partial charge in [0.05, 0.1) is 5.25 Å². The molecular formula is C11H16BrNO2S. The molecule has 2 N–H and O–H groups in total. The molecule has 16 heavy (non-hydrogen) atoms. The highest BCUT2D eigenvalue weighted by molar-refractivity contribution is 9.10. The molecule has 0 amide bonds. The Balaban J connectivity index is 2.94. The van der Waals surface area contributed by atoms with Gasteiger partial charge in [0, 0.05) is 16.3 Å². The van der Waals surface area contributed by atoms with Crippen LogP contribution in [0.2, 0.25) is 0 Å². The van der Waals surface area contributed by atoms with Crippen LogP contribution in [0.4, 0.5) is 0 Å². The average molecular weight is 306 g/mol. The third-order valence-electron chi connectivity index (χ3n) is 2.73. The molecular weight excluding hydrogens is 290 g/mol. The predicted molar refractivity (Wildman–Crippen MR) is 70.0 cm³/mol. The first-order valence-corrected chi connectivity index (χ1v) is 7.62. The summed E-state index contributed by atoms with van der Waals surface area (Å²) < 4.78 is 24.3. The van der Waals surface area contributed by atoms with Gasteiger partial charge in [-0.2, -0.15) is 0 Å². The molecule has 3 nitrogen and oxygen atoms in total. The molecule has 0 saturated heterocycles. The lowest BCUT2D eigenvalue weighted by atomic mass is 10.1. The zero-order valence-corrected chi connectivity index (χ0v) is 11.8. The molecule has 5 heteroatoms. The van der Waals surface area contributed by atoms with E-state index in [0.29, 0.717) is 0 Å². The third-order valence-corrected chi connectivity index (χ3v) is 5.49. The summed E-state index contributed by atoms with van der Waals surface area (Å²) in [6, 6.07) is 6.94. The van der Waals surface area contributed by atoms with E-state index >= 15 is 0 Å². The molecule has 0 fully saturated rings. The van der Waals surface area contributed by atoms with Gasteiger partial charge in [-0.15, -0.1) is 0 Å². The van der Waals surface area contributed by atoms with Gasteiger partial charge in [-0.25, -0.2) is 8.42 Å². The Morgan fingerprint density at radius 1 is 1.31 bits per heavy atom. The summed E-state index contributed by atoms with van der Waals surface area (Å²) in [7, 11) is -3.09. The third kappa shape index (κ3) is 3.06. The fourth-order valence-corrected chi connectivity index (χ4v) is 2.84. The minimum absolute atomic E-state index is 0.123. The summed E-state index contributed by atoms with van der Waals surface area (Å²) in [6.45, 7) is 3.30. The number of hydrogen-bond acceptors (Lipinski definition) is 3. The molecule has 0 bridgehead atoms. The molecule has 0 heterocycles. The van der Waals surface area contributed by atoms with Crippen molar-refractivity contribution in [2.75, 3.05) is 5.75 Å². The van der Waals surface area contributed by atoms with Gasteiger partial charge in [0.1, 0.15) is 0 Å². The molecule has 90 valence electrons. The Hall–Kier alpha value is -0.390. The van der Waals surface area contributed by atoms with Crippen molar-refractivity contribution in [2.45, 2.75) is 25.1 Å². The highest BCUT2D eigenvalue weighted by atomic mass is 79.9. The van der Waals surface area contributed by atoms with E-state index in [1.807, 2.05) is 24.3 Å². The van der Waals surface area contributed by atoms with Gasteiger partial charge in [0.15, 0.2) is 9.84 Å². The maximum atomic E-state index is 11.7. The lowest BCUT2D eigenvalue weighted by Gasteiger charge is -2.19. The minimum atomic E-state index is -3.09. The van der Waals surface area contributed by atoms with E-state index in [2.05, 4.69) is 15.9 Å². The van der Waals surface area contributed by atoms with E-state index in [1.165, 1.54) is 0 Å². The van der Waals surface area contributed by atoms with Crippen molar-refractivity contribution in [3.05, 3.63) is 34.3 Å². The zero-order chi connectivity index (χ0) is 12.3. The van der Waals surface area contributed by atoms with Gasteiger partial charge in [-0.3, -0.25) is 0 Å². The van der Waals surface area contributed by atoms with Gasteiger partial charge in [0.2, 0.25) is 0 Å². The van der Waals surface area contributed by atoms with Crippen LogP contribution in [0.3, 0.4) is 0 Å². The summed E-state index contributed by atoms with van der Waals surface area (Å²) >= 11 is 3.33. The zero-order valence-electron chi connectivity index (χ0n) is 9.35. The highest BCUT2D eigenvalue weighted by Crippen LogP contribution is 2.21. The summed E-state index contributed by atoms with van der Waals surface area (Å²) in [5, 5.41) is -0.557. The van der Waals surface area contributed by atoms with Crippen molar-refractivity contribution in [3.8, 4) is 0 Å². The first kappa shape index (κ1) is 13.7. The van der Waals surface area contributed by atoms with Crippen molar-refractivity contribution in [2.24, 2.45) is 5.73 Å². The lowest BCUT2D eigenvalue weighted by Crippen LogP contribution is -2.32. The Morgan fingerprint density at radius 3 is 2.25 bits per heavy atom. The van der Waals surface area contributed by atoms with Crippen LogP contribution in [-0.2, 0) is 9.84 Å². The van der Waals surface area contributed by atoms with Gasteiger partial charge >= 0.3 is 0 Å². The maximum Gasteiger partial charge on any atom is 0.154 e. The SMILES string of the molecule is CCS(=O)(=O)[C@H](C)[C@H](N)c1ccc(Br)cc1. The molecule has 1 aromatic rings. The first-order valence-electron chi connectivity index (χ1n) is 5.11. The summed E-state index contributed by atoms with van der Waals surface area (Å²) in [5.74, 6) is 0.123. The summed E-state index contributed by atoms with van der Waals surface area (Å²) in [5.41, 5.74) is 6.80. The van der Waals surface area contributed by atoms with Crippen LogP contribution >= 0.6 is 15.9 Å². The monoisotopic (exact) mass is 305 g/mol. The lowest BCUT2D eigenvalue weighted by molar-refractivity contribution is 0.566. The number of nitrogens with two attached hydrogens (primary N) is 1. The molecule has 1 rings (SSSR count). The second kappa shape index (κ2) is 5.29. The van der Waals surface area contributed by atoms with E-state index in [1.54, 1.807) is 13.8 Å². The fraction of sp³-hybridized carbons (Fsp3) is 0.455. The summed E-state index contributed by atoms with van der Waals surface area (Å²) in [4.78, 5) is 0. The largest absolute Gasteiger partial charge is 0.323 e. The molecule has 0 aromatic heterocycles. The highest BCUT2D eigenvalue weighted by Gasteiger charge is 2.26. The van der Waals surface area contributed by atoms with Crippen LogP contribution in [0.25, 0.3) is 0 Å². The van der Waals surface area contributed by atoms with Crippen LogP contribution in [-0.4, -0.2) is 19.4 Å². The van der Waals surface area contributed by atoms with E-state index in [-0.39, 0.29) is 5.75 Å². The van der Waals surface area contributed by atoms with Crippen LogP contribution < -0.4 is 5.73 Å². The minimum Gasteiger partial charge on any atom is -0.323 e. The van der Waals surface area contributed by atoms with Crippen LogP contribution in [0.1, 0.15) is 25.5 Å². The second-order valence-corrected chi connectivity index (χ2v) is 7.30. The molecule has 0 aliphatic heterocycles. The Kier molecular flexibility index (Phi) is 4.52. The Bertz CT molecular complexity index is 442. The van der Waals surface area contributed by atoms with Crippen LogP contribution in [0, 0.1) is 0 Å². The van der Waals surface area contributed by atoms with Crippen LogP contribution in [0.15, 0.2) is 28.7 Å². The quantitative estimate of drug-likeness (QED) is 0.928. The molecule has 0 saturated carbocycles. The Morgan fingerprint density at radius 2 is 1.81 bits per heavy atom. The average Bonchev–Trinajstić information content (AvgIpc) is 2.28. The normalized spacial score (nSPS) is 15.8. The van der Waals surface area contributed by atoms with Crippen LogP contribution in [0.5, 0.6) is 0 Å². The number of halogens is 1. The number of rotatable bonds is 4. The van der Waals surface area contributed by atoms with E-state index in [4.69, 9.17) is 5.73 Å². The Labute approximate surface area is 105 Å². The van der Waals surface area contributed by atoms with E-state index < -0.39 is 21.1 Å². The predicted octanol–water partition coefficient (Wildman–Crippen LogP) is 2.27. The molecule has 0 spiro atoms.